The molecule has 1 unspecified atom stereocenters. The maximum Gasteiger partial charge on any atom is 0.214 e. The Hall–Kier alpha value is -0.860. The Balaban J connectivity index is 3.27. The van der Waals surface area contributed by atoms with E-state index in [9.17, 15) is 4.21 Å². The molecule has 3 nitrogen and oxygen atoms in total. The van der Waals surface area contributed by atoms with E-state index in [0.717, 1.165) is 4.47 Å². The second kappa shape index (κ2) is 3.90. The number of nitriles is 1. The lowest BCUT2D eigenvalue weighted by atomic mass is 10.4. The summed E-state index contributed by atoms with van der Waals surface area (Å²) in [6, 6.07) is 6.91. The lowest BCUT2D eigenvalue weighted by Gasteiger charge is -2.00. The van der Waals surface area contributed by atoms with Crippen molar-refractivity contribution in [2.24, 2.45) is 4.36 Å². The highest BCUT2D eigenvalue weighted by molar-refractivity contribution is 9.10. The summed E-state index contributed by atoms with van der Waals surface area (Å²) in [6.07, 6.45) is 3.00. The predicted octanol–water partition coefficient (Wildman–Crippen LogP) is 2.39. The maximum atomic E-state index is 11.7. The number of rotatable bonds is 1. The zero-order valence-electron chi connectivity index (χ0n) is 6.90. The minimum atomic E-state index is -2.53. The van der Waals surface area contributed by atoms with Crippen molar-refractivity contribution in [3.05, 3.63) is 28.7 Å². The Labute approximate surface area is 85.7 Å². The third kappa shape index (κ3) is 2.54. The van der Waals surface area contributed by atoms with Crippen LogP contribution in [-0.2, 0) is 9.73 Å². The van der Waals surface area contributed by atoms with E-state index < -0.39 is 9.73 Å². The number of benzene rings is 1. The van der Waals surface area contributed by atoms with Crippen molar-refractivity contribution in [1.29, 1.82) is 5.26 Å². The Morgan fingerprint density at radius 3 is 2.46 bits per heavy atom. The Morgan fingerprint density at radius 1 is 1.46 bits per heavy atom. The van der Waals surface area contributed by atoms with E-state index in [2.05, 4.69) is 20.3 Å². The topological polar surface area (TPSA) is 53.2 Å². The molecule has 0 aliphatic carbocycles. The van der Waals surface area contributed by atoms with Gasteiger partial charge in [0.2, 0.25) is 6.19 Å². The third-order valence-electron chi connectivity index (χ3n) is 1.47. The molecule has 1 aromatic rings. The molecule has 0 aliphatic rings. The van der Waals surface area contributed by atoms with Crippen LogP contribution in [-0.4, -0.2) is 10.5 Å². The minimum absolute atomic E-state index is 0.567. The van der Waals surface area contributed by atoms with E-state index >= 15 is 0 Å². The van der Waals surface area contributed by atoms with Gasteiger partial charge in [-0.3, -0.25) is 0 Å². The fourth-order valence-electron chi connectivity index (χ4n) is 0.818. The lowest BCUT2D eigenvalue weighted by molar-refractivity contribution is 0.681. The molecule has 68 valence electrons. The van der Waals surface area contributed by atoms with Gasteiger partial charge >= 0.3 is 0 Å². The number of nitrogens with zero attached hydrogens (tertiary/aromatic N) is 2. The van der Waals surface area contributed by atoms with Crippen molar-refractivity contribution in [3.63, 3.8) is 0 Å². The number of hydrogen-bond acceptors (Lipinski definition) is 3. The van der Waals surface area contributed by atoms with Gasteiger partial charge in [-0.25, -0.2) is 4.21 Å². The fraction of sp³-hybridized carbons (Fsp3) is 0.125. The molecule has 1 rings (SSSR count). The normalized spacial score (nSPS) is 14.2. The van der Waals surface area contributed by atoms with E-state index in [0.29, 0.717) is 4.90 Å². The van der Waals surface area contributed by atoms with Crippen LogP contribution in [0.5, 0.6) is 0 Å². The van der Waals surface area contributed by atoms with Crippen molar-refractivity contribution >= 4 is 25.7 Å². The summed E-state index contributed by atoms with van der Waals surface area (Å²) in [5.74, 6) is 0. The number of halogens is 1. The molecule has 0 saturated carbocycles. The molecule has 0 radical (unpaired) electrons. The first-order valence-corrected chi connectivity index (χ1v) is 6.14. The zero-order chi connectivity index (χ0) is 9.90. The van der Waals surface area contributed by atoms with Crippen LogP contribution in [0.3, 0.4) is 0 Å². The standard InChI is InChI=1S/C8H7BrN2OS/c1-13(12,11-6-10)8-4-2-7(9)3-5-8/h2-5H,1H3. The molecule has 1 aromatic carbocycles. The van der Waals surface area contributed by atoms with Crippen molar-refractivity contribution in [1.82, 2.24) is 0 Å². The quantitative estimate of drug-likeness (QED) is 0.727. The SMILES string of the molecule is CS(=O)(=NC#N)c1ccc(Br)cc1. The van der Waals surface area contributed by atoms with Crippen LogP contribution in [0.2, 0.25) is 0 Å². The Bertz CT molecular complexity index is 452. The summed E-state index contributed by atoms with van der Waals surface area (Å²) >= 11 is 3.26. The van der Waals surface area contributed by atoms with Gasteiger partial charge in [0.05, 0.1) is 9.73 Å². The van der Waals surface area contributed by atoms with Gasteiger partial charge in [0.1, 0.15) is 0 Å². The molecule has 0 aliphatic heterocycles. The van der Waals surface area contributed by atoms with E-state index in [4.69, 9.17) is 5.26 Å². The summed E-state index contributed by atoms with van der Waals surface area (Å²) in [7, 11) is -2.53. The van der Waals surface area contributed by atoms with Crippen LogP contribution in [0.1, 0.15) is 0 Å². The average Bonchev–Trinajstić information content (AvgIpc) is 2.05. The van der Waals surface area contributed by atoms with Crippen molar-refractivity contribution < 1.29 is 4.21 Å². The predicted molar refractivity (Wildman–Crippen MR) is 54.5 cm³/mol. The highest BCUT2D eigenvalue weighted by atomic mass is 79.9. The molecule has 0 amide bonds. The molecular weight excluding hydrogens is 252 g/mol. The van der Waals surface area contributed by atoms with Crippen LogP contribution in [0.4, 0.5) is 0 Å². The van der Waals surface area contributed by atoms with E-state index in [-0.39, 0.29) is 0 Å². The molecule has 5 heteroatoms. The molecule has 0 aromatic heterocycles. The van der Waals surface area contributed by atoms with Gasteiger partial charge in [-0.05, 0) is 24.3 Å². The van der Waals surface area contributed by atoms with Gasteiger partial charge in [-0.2, -0.15) is 5.26 Å². The van der Waals surface area contributed by atoms with E-state index in [1.165, 1.54) is 6.26 Å². The smallest absolute Gasteiger partial charge is 0.214 e. The van der Waals surface area contributed by atoms with E-state index in [1.54, 1.807) is 30.5 Å². The Kier molecular flexibility index (Phi) is 3.07. The first-order valence-electron chi connectivity index (χ1n) is 3.42. The van der Waals surface area contributed by atoms with Crippen molar-refractivity contribution in [3.8, 4) is 6.19 Å². The highest BCUT2D eigenvalue weighted by Gasteiger charge is 2.04. The Morgan fingerprint density at radius 2 is 2.00 bits per heavy atom. The van der Waals surface area contributed by atoms with Crippen LogP contribution in [0.15, 0.2) is 38.0 Å². The monoisotopic (exact) mass is 258 g/mol. The lowest BCUT2D eigenvalue weighted by Crippen LogP contribution is -1.95. The first kappa shape index (κ1) is 10.2. The fourth-order valence-corrected chi connectivity index (χ4v) is 1.98. The molecule has 1 atom stereocenters. The molecule has 13 heavy (non-hydrogen) atoms. The van der Waals surface area contributed by atoms with Gasteiger partial charge in [0, 0.05) is 15.6 Å². The van der Waals surface area contributed by atoms with Crippen LogP contribution in [0, 0.1) is 11.5 Å². The molecule has 0 spiro atoms. The molecule has 0 saturated heterocycles. The van der Waals surface area contributed by atoms with Crippen LogP contribution < -0.4 is 0 Å². The van der Waals surface area contributed by atoms with Crippen molar-refractivity contribution in [2.45, 2.75) is 4.90 Å². The second-order valence-corrected chi connectivity index (χ2v) is 5.62. The van der Waals surface area contributed by atoms with Gasteiger partial charge in [0.15, 0.2) is 0 Å². The van der Waals surface area contributed by atoms with Gasteiger partial charge in [-0.15, -0.1) is 4.36 Å². The van der Waals surface area contributed by atoms with E-state index in [1.807, 2.05) is 0 Å². The second-order valence-electron chi connectivity index (χ2n) is 2.45. The van der Waals surface area contributed by atoms with Gasteiger partial charge in [0.25, 0.3) is 0 Å². The average molecular weight is 259 g/mol. The highest BCUT2D eigenvalue weighted by Crippen LogP contribution is 2.15. The largest absolute Gasteiger partial charge is 0.244 e. The van der Waals surface area contributed by atoms with Crippen LogP contribution >= 0.6 is 15.9 Å². The molecule has 0 heterocycles. The summed E-state index contributed by atoms with van der Waals surface area (Å²) in [5, 5.41) is 8.31. The minimum Gasteiger partial charge on any atom is -0.244 e. The third-order valence-corrected chi connectivity index (χ3v) is 3.57. The summed E-state index contributed by atoms with van der Waals surface area (Å²) < 4.78 is 16.0. The zero-order valence-corrected chi connectivity index (χ0v) is 9.30. The van der Waals surface area contributed by atoms with Crippen LogP contribution in [0.25, 0.3) is 0 Å². The first-order chi connectivity index (χ1) is 6.06. The molecular formula is C8H7BrN2OS. The maximum absolute atomic E-state index is 11.7. The summed E-state index contributed by atoms with van der Waals surface area (Å²) in [5.41, 5.74) is 0. The summed E-state index contributed by atoms with van der Waals surface area (Å²) in [6.45, 7) is 0. The molecule has 0 N–H and O–H groups in total. The van der Waals surface area contributed by atoms with Gasteiger partial charge in [-0.1, -0.05) is 15.9 Å². The van der Waals surface area contributed by atoms with Gasteiger partial charge < -0.3 is 0 Å². The molecule has 0 fully saturated rings. The molecule has 0 bridgehead atoms. The summed E-state index contributed by atoms with van der Waals surface area (Å²) in [4.78, 5) is 0.567. The van der Waals surface area contributed by atoms with Crippen molar-refractivity contribution in [2.75, 3.05) is 6.26 Å². The number of hydrogen-bond donors (Lipinski definition) is 0.